The molecule has 1 amide bonds. The van der Waals surface area contributed by atoms with Gasteiger partial charge in [-0.05, 0) is 24.8 Å². The van der Waals surface area contributed by atoms with E-state index in [1.165, 1.54) is 5.56 Å². The highest BCUT2D eigenvalue weighted by atomic mass is 16.2. The van der Waals surface area contributed by atoms with Crippen molar-refractivity contribution in [2.75, 3.05) is 6.54 Å². The first-order valence-corrected chi connectivity index (χ1v) is 6.14. The van der Waals surface area contributed by atoms with Crippen molar-refractivity contribution in [2.24, 2.45) is 0 Å². The van der Waals surface area contributed by atoms with Gasteiger partial charge in [-0.25, -0.2) is 0 Å². The van der Waals surface area contributed by atoms with Gasteiger partial charge in [0.25, 0.3) is 0 Å². The molecule has 0 spiro atoms. The van der Waals surface area contributed by atoms with Crippen molar-refractivity contribution in [1.29, 1.82) is 0 Å². The molecule has 17 heavy (non-hydrogen) atoms. The van der Waals surface area contributed by atoms with Gasteiger partial charge in [0.05, 0.1) is 0 Å². The zero-order valence-corrected chi connectivity index (χ0v) is 10.6. The predicted octanol–water partition coefficient (Wildman–Crippen LogP) is 3.39. The van der Waals surface area contributed by atoms with Gasteiger partial charge >= 0.3 is 0 Å². The van der Waals surface area contributed by atoms with Crippen molar-refractivity contribution in [3.05, 3.63) is 48.6 Å². The van der Waals surface area contributed by atoms with E-state index in [9.17, 15) is 4.79 Å². The number of nitrogens with zero attached hydrogens (tertiary/aromatic N) is 1. The number of allylic oxidation sites excluding steroid dienone is 1. The molecule has 0 unspecified atom stereocenters. The molecule has 1 rings (SSSR count). The lowest BCUT2D eigenvalue weighted by atomic mass is 10.2. The van der Waals surface area contributed by atoms with Crippen LogP contribution in [-0.2, 0) is 11.3 Å². The van der Waals surface area contributed by atoms with Crippen LogP contribution in [0.2, 0.25) is 0 Å². The minimum Gasteiger partial charge on any atom is -0.339 e. The van der Waals surface area contributed by atoms with Crippen LogP contribution >= 0.6 is 0 Å². The molecular weight excluding hydrogens is 210 g/mol. The van der Waals surface area contributed by atoms with E-state index in [0.717, 1.165) is 25.8 Å². The quantitative estimate of drug-likeness (QED) is 0.520. The van der Waals surface area contributed by atoms with E-state index in [1.54, 1.807) is 6.92 Å². The first-order valence-electron chi connectivity index (χ1n) is 6.14. The molecule has 1 aromatic carbocycles. The summed E-state index contributed by atoms with van der Waals surface area (Å²) in [4.78, 5) is 13.4. The summed E-state index contributed by atoms with van der Waals surface area (Å²) in [7, 11) is 0. The molecule has 0 aliphatic rings. The Kier molecular flexibility index (Phi) is 6.08. The summed E-state index contributed by atoms with van der Waals surface area (Å²) in [6.07, 6.45) is 5.09. The van der Waals surface area contributed by atoms with Gasteiger partial charge in [0.15, 0.2) is 0 Å². The number of carbonyl (C=O) groups is 1. The minimum atomic E-state index is 0.146. The van der Waals surface area contributed by atoms with Crippen LogP contribution in [0.5, 0.6) is 0 Å². The second-order valence-corrected chi connectivity index (χ2v) is 4.21. The Balaban J connectivity index is 2.43. The summed E-state index contributed by atoms with van der Waals surface area (Å²) in [5, 5.41) is 0. The number of rotatable bonds is 7. The Morgan fingerprint density at radius 3 is 2.59 bits per heavy atom. The van der Waals surface area contributed by atoms with Gasteiger partial charge in [-0.1, -0.05) is 36.4 Å². The second-order valence-electron chi connectivity index (χ2n) is 4.21. The maximum Gasteiger partial charge on any atom is 0.219 e. The average Bonchev–Trinajstić information content (AvgIpc) is 2.34. The SMILES string of the molecule is C=CCCCCN(Cc1ccccc1)C(C)=O. The topological polar surface area (TPSA) is 20.3 Å². The average molecular weight is 231 g/mol. The number of benzene rings is 1. The highest BCUT2D eigenvalue weighted by molar-refractivity contribution is 5.73. The van der Waals surface area contributed by atoms with Crippen LogP contribution in [0, 0.1) is 0 Å². The van der Waals surface area contributed by atoms with Crippen molar-refractivity contribution >= 4 is 5.91 Å². The van der Waals surface area contributed by atoms with Gasteiger partial charge in [0.2, 0.25) is 5.91 Å². The largest absolute Gasteiger partial charge is 0.339 e. The molecule has 0 aromatic heterocycles. The standard InChI is InChI=1S/C15H21NO/c1-3-4-5-9-12-16(14(2)17)13-15-10-7-6-8-11-15/h3,6-8,10-11H,1,4-5,9,12-13H2,2H3. The summed E-state index contributed by atoms with van der Waals surface area (Å²) in [5.41, 5.74) is 1.19. The van der Waals surface area contributed by atoms with E-state index in [-0.39, 0.29) is 5.91 Å². The van der Waals surface area contributed by atoms with Crippen molar-refractivity contribution in [3.63, 3.8) is 0 Å². The number of unbranched alkanes of at least 4 members (excludes halogenated alkanes) is 2. The lowest BCUT2D eigenvalue weighted by molar-refractivity contribution is -0.129. The van der Waals surface area contributed by atoms with Crippen LogP contribution in [0.1, 0.15) is 31.7 Å². The molecule has 0 atom stereocenters. The molecular formula is C15H21NO. The molecule has 0 radical (unpaired) electrons. The fourth-order valence-corrected chi connectivity index (χ4v) is 1.74. The first-order chi connectivity index (χ1) is 8.24. The highest BCUT2D eigenvalue weighted by Crippen LogP contribution is 2.07. The van der Waals surface area contributed by atoms with Gasteiger partial charge in [-0.2, -0.15) is 0 Å². The zero-order valence-electron chi connectivity index (χ0n) is 10.6. The van der Waals surface area contributed by atoms with E-state index in [0.29, 0.717) is 6.54 Å². The fourth-order valence-electron chi connectivity index (χ4n) is 1.74. The van der Waals surface area contributed by atoms with Gasteiger partial charge in [0, 0.05) is 20.0 Å². The Morgan fingerprint density at radius 2 is 2.00 bits per heavy atom. The summed E-state index contributed by atoms with van der Waals surface area (Å²) >= 11 is 0. The van der Waals surface area contributed by atoms with Crippen molar-refractivity contribution in [3.8, 4) is 0 Å². The molecule has 0 bridgehead atoms. The van der Waals surface area contributed by atoms with Gasteiger partial charge in [-0.15, -0.1) is 6.58 Å². The Morgan fingerprint density at radius 1 is 1.29 bits per heavy atom. The lowest BCUT2D eigenvalue weighted by Gasteiger charge is -2.21. The van der Waals surface area contributed by atoms with Crippen LogP contribution in [0.4, 0.5) is 0 Å². The third-order valence-electron chi connectivity index (χ3n) is 2.75. The van der Waals surface area contributed by atoms with Crippen LogP contribution in [-0.4, -0.2) is 17.4 Å². The summed E-state index contributed by atoms with van der Waals surface area (Å²) < 4.78 is 0. The maximum atomic E-state index is 11.5. The monoisotopic (exact) mass is 231 g/mol. The maximum absolute atomic E-state index is 11.5. The molecule has 2 heteroatoms. The molecule has 0 N–H and O–H groups in total. The summed E-state index contributed by atoms with van der Waals surface area (Å²) in [5.74, 6) is 0.146. The first kappa shape index (κ1) is 13.5. The normalized spacial score (nSPS) is 9.94. The molecule has 92 valence electrons. The zero-order chi connectivity index (χ0) is 12.5. The molecule has 0 aliphatic carbocycles. The minimum absolute atomic E-state index is 0.146. The van der Waals surface area contributed by atoms with Gasteiger partial charge in [-0.3, -0.25) is 4.79 Å². The highest BCUT2D eigenvalue weighted by Gasteiger charge is 2.08. The van der Waals surface area contributed by atoms with E-state index < -0.39 is 0 Å². The summed E-state index contributed by atoms with van der Waals surface area (Å²) in [6.45, 7) is 6.88. The molecule has 0 aliphatic heterocycles. The van der Waals surface area contributed by atoms with Crippen molar-refractivity contribution in [1.82, 2.24) is 4.90 Å². The second kappa shape index (κ2) is 7.66. The van der Waals surface area contributed by atoms with E-state index in [2.05, 4.69) is 18.7 Å². The Bertz CT molecular complexity index is 345. The number of carbonyl (C=O) groups excluding carboxylic acids is 1. The Hall–Kier alpha value is -1.57. The Labute approximate surface area is 104 Å². The molecule has 0 saturated carbocycles. The van der Waals surface area contributed by atoms with Gasteiger partial charge < -0.3 is 4.90 Å². The van der Waals surface area contributed by atoms with E-state index in [1.807, 2.05) is 29.2 Å². The summed E-state index contributed by atoms with van der Waals surface area (Å²) in [6, 6.07) is 10.1. The molecule has 1 aromatic rings. The fraction of sp³-hybridized carbons (Fsp3) is 0.400. The van der Waals surface area contributed by atoms with Gasteiger partial charge in [0.1, 0.15) is 0 Å². The molecule has 2 nitrogen and oxygen atoms in total. The van der Waals surface area contributed by atoms with Crippen LogP contribution in [0.3, 0.4) is 0 Å². The third-order valence-corrected chi connectivity index (χ3v) is 2.75. The van der Waals surface area contributed by atoms with Crippen LogP contribution < -0.4 is 0 Å². The van der Waals surface area contributed by atoms with Crippen LogP contribution in [0.25, 0.3) is 0 Å². The van der Waals surface area contributed by atoms with E-state index in [4.69, 9.17) is 0 Å². The van der Waals surface area contributed by atoms with Crippen LogP contribution in [0.15, 0.2) is 43.0 Å². The van der Waals surface area contributed by atoms with Crippen molar-refractivity contribution in [2.45, 2.75) is 32.7 Å². The molecule has 0 fully saturated rings. The smallest absolute Gasteiger partial charge is 0.219 e. The molecule has 0 heterocycles. The number of amides is 1. The number of hydrogen-bond donors (Lipinski definition) is 0. The molecule has 0 saturated heterocycles. The lowest BCUT2D eigenvalue weighted by Crippen LogP contribution is -2.29. The third kappa shape index (κ3) is 5.34. The van der Waals surface area contributed by atoms with E-state index >= 15 is 0 Å². The number of hydrogen-bond acceptors (Lipinski definition) is 1. The predicted molar refractivity (Wildman–Crippen MR) is 71.6 cm³/mol. The van der Waals surface area contributed by atoms with Crippen molar-refractivity contribution < 1.29 is 4.79 Å².